The standard InChI is InChI=1S/C16H23ClN2O/c1-13-4-3-9-19(12-13)16(20)11-18-8-7-14-5-2-6-15(17)10-14/h2,5-6,10,13,18H,3-4,7-9,11-12H2,1H3. The van der Waals surface area contributed by atoms with Gasteiger partial charge >= 0.3 is 0 Å². The van der Waals surface area contributed by atoms with Crippen molar-refractivity contribution in [1.29, 1.82) is 0 Å². The molecule has 1 unspecified atom stereocenters. The molecular weight excluding hydrogens is 272 g/mol. The highest BCUT2D eigenvalue weighted by atomic mass is 35.5. The summed E-state index contributed by atoms with van der Waals surface area (Å²) in [5.41, 5.74) is 1.20. The second-order valence-electron chi connectivity index (χ2n) is 5.64. The maximum Gasteiger partial charge on any atom is 0.236 e. The third-order valence-electron chi connectivity index (χ3n) is 3.77. The Hall–Kier alpha value is -1.06. The molecule has 1 saturated heterocycles. The van der Waals surface area contributed by atoms with Gasteiger partial charge in [-0.15, -0.1) is 0 Å². The highest BCUT2D eigenvalue weighted by Crippen LogP contribution is 2.15. The largest absolute Gasteiger partial charge is 0.341 e. The van der Waals surface area contributed by atoms with Crippen LogP contribution in [0.1, 0.15) is 25.3 Å². The summed E-state index contributed by atoms with van der Waals surface area (Å²) in [5, 5.41) is 4.00. The summed E-state index contributed by atoms with van der Waals surface area (Å²) in [6.45, 7) is 5.28. The SMILES string of the molecule is CC1CCCN(C(=O)CNCCc2cccc(Cl)c2)C1. The molecule has 2 rings (SSSR count). The zero-order valence-electron chi connectivity index (χ0n) is 12.1. The predicted octanol–water partition coefficient (Wildman–Crippen LogP) is 2.73. The molecule has 1 amide bonds. The second-order valence-corrected chi connectivity index (χ2v) is 6.08. The molecule has 0 aromatic heterocycles. The Morgan fingerprint density at radius 2 is 2.35 bits per heavy atom. The van der Waals surface area contributed by atoms with Crippen LogP contribution in [0.3, 0.4) is 0 Å². The van der Waals surface area contributed by atoms with Crippen LogP contribution in [-0.2, 0) is 11.2 Å². The van der Waals surface area contributed by atoms with Gasteiger partial charge in [-0.1, -0.05) is 30.7 Å². The van der Waals surface area contributed by atoms with Crippen molar-refractivity contribution < 1.29 is 4.79 Å². The zero-order chi connectivity index (χ0) is 14.4. The Balaban J connectivity index is 1.66. The van der Waals surface area contributed by atoms with Gasteiger partial charge in [-0.05, 0) is 49.4 Å². The summed E-state index contributed by atoms with van der Waals surface area (Å²) in [6, 6.07) is 7.86. The fraction of sp³-hybridized carbons (Fsp3) is 0.562. The minimum atomic E-state index is 0.225. The van der Waals surface area contributed by atoms with Gasteiger partial charge in [0.1, 0.15) is 0 Å². The number of rotatable bonds is 5. The lowest BCUT2D eigenvalue weighted by atomic mass is 10.0. The Morgan fingerprint density at radius 3 is 3.10 bits per heavy atom. The van der Waals surface area contributed by atoms with E-state index in [1.165, 1.54) is 12.0 Å². The molecule has 1 fully saturated rings. The van der Waals surface area contributed by atoms with Gasteiger partial charge in [-0.25, -0.2) is 0 Å². The van der Waals surface area contributed by atoms with Gasteiger partial charge in [0, 0.05) is 18.1 Å². The maximum atomic E-state index is 12.1. The van der Waals surface area contributed by atoms with Crippen molar-refractivity contribution in [1.82, 2.24) is 10.2 Å². The number of amides is 1. The molecule has 0 aliphatic carbocycles. The molecule has 3 nitrogen and oxygen atoms in total. The normalized spacial score (nSPS) is 19.1. The van der Waals surface area contributed by atoms with E-state index >= 15 is 0 Å². The van der Waals surface area contributed by atoms with Crippen LogP contribution in [0.25, 0.3) is 0 Å². The predicted molar refractivity (Wildman–Crippen MR) is 83.0 cm³/mol. The molecule has 0 saturated carbocycles. The summed E-state index contributed by atoms with van der Waals surface area (Å²) in [6.07, 6.45) is 3.27. The number of carbonyl (C=O) groups excluding carboxylic acids is 1. The fourth-order valence-corrected chi connectivity index (χ4v) is 2.86. The smallest absolute Gasteiger partial charge is 0.236 e. The molecule has 1 atom stereocenters. The molecule has 1 heterocycles. The van der Waals surface area contributed by atoms with E-state index in [9.17, 15) is 4.79 Å². The van der Waals surface area contributed by atoms with E-state index in [0.717, 1.165) is 37.5 Å². The van der Waals surface area contributed by atoms with E-state index in [-0.39, 0.29) is 5.91 Å². The number of hydrogen-bond donors (Lipinski definition) is 1. The quantitative estimate of drug-likeness (QED) is 0.847. The molecule has 110 valence electrons. The molecule has 1 N–H and O–H groups in total. The van der Waals surface area contributed by atoms with Crippen molar-refractivity contribution in [3.63, 3.8) is 0 Å². The van der Waals surface area contributed by atoms with Crippen molar-refractivity contribution >= 4 is 17.5 Å². The molecular formula is C16H23ClN2O. The van der Waals surface area contributed by atoms with Crippen LogP contribution in [0, 0.1) is 5.92 Å². The first-order valence-corrected chi connectivity index (χ1v) is 7.76. The van der Waals surface area contributed by atoms with E-state index in [4.69, 9.17) is 11.6 Å². The molecule has 0 radical (unpaired) electrons. The highest BCUT2D eigenvalue weighted by molar-refractivity contribution is 6.30. The average Bonchev–Trinajstić information content (AvgIpc) is 2.43. The van der Waals surface area contributed by atoms with Crippen molar-refractivity contribution in [3.8, 4) is 0 Å². The van der Waals surface area contributed by atoms with Crippen LogP contribution in [0.5, 0.6) is 0 Å². The van der Waals surface area contributed by atoms with Gasteiger partial charge in [0.25, 0.3) is 0 Å². The topological polar surface area (TPSA) is 32.3 Å². The molecule has 0 spiro atoms. The van der Waals surface area contributed by atoms with E-state index in [2.05, 4.69) is 18.3 Å². The van der Waals surface area contributed by atoms with Crippen molar-refractivity contribution in [3.05, 3.63) is 34.9 Å². The zero-order valence-corrected chi connectivity index (χ0v) is 12.8. The first-order valence-electron chi connectivity index (χ1n) is 7.38. The van der Waals surface area contributed by atoms with E-state index < -0.39 is 0 Å². The first kappa shape index (κ1) is 15.3. The number of halogens is 1. The molecule has 20 heavy (non-hydrogen) atoms. The second kappa shape index (κ2) is 7.65. The van der Waals surface area contributed by atoms with Gasteiger partial charge in [0.15, 0.2) is 0 Å². The lowest BCUT2D eigenvalue weighted by Crippen LogP contribution is -2.43. The van der Waals surface area contributed by atoms with Gasteiger partial charge in [0.2, 0.25) is 5.91 Å². The highest BCUT2D eigenvalue weighted by Gasteiger charge is 2.20. The molecule has 1 aromatic carbocycles. The van der Waals surface area contributed by atoms with E-state index in [1.54, 1.807) is 0 Å². The van der Waals surface area contributed by atoms with Crippen LogP contribution in [0.15, 0.2) is 24.3 Å². The van der Waals surface area contributed by atoms with E-state index in [1.807, 2.05) is 23.1 Å². The number of nitrogens with one attached hydrogen (secondary N) is 1. The monoisotopic (exact) mass is 294 g/mol. The van der Waals surface area contributed by atoms with Crippen LogP contribution >= 0.6 is 11.6 Å². The lowest BCUT2D eigenvalue weighted by molar-refractivity contribution is -0.131. The fourth-order valence-electron chi connectivity index (χ4n) is 2.65. The number of carbonyl (C=O) groups is 1. The molecule has 0 bridgehead atoms. The minimum Gasteiger partial charge on any atom is -0.341 e. The number of likely N-dealkylation sites (tertiary alicyclic amines) is 1. The Labute approximate surface area is 126 Å². The number of nitrogens with zero attached hydrogens (tertiary/aromatic N) is 1. The van der Waals surface area contributed by atoms with Crippen molar-refractivity contribution in [2.45, 2.75) is 26.2 Å². The van der Waals surface area contributed by atoms with Crippen LogP contribution < -0.4 is 5.32 Å². The maximum absolute atomic E-state index is 12.1. The van der Waals surface area contributed by atoms with Crippen LogP contribution in [0.4, 0.5) is 0 Å². The van der Waals surface area contributed by atoms with Crippen molar-refractivity contribution in [2.75, 3.05) is 26.2 Å². The summed E-state index contributed by atoms with van der Waals surface area (Å²) >= 11 is 5.94. The number of benzene rings is 1. The van der Waals surface area contributed by atoms with Crippen LogP contribution in [0.2, 0.25) is 5.02 Å². The summed E-state index contributed by atoms with van der Waals surface area (Å²) in [4.78, 5) is 14.0. The Kier molecular flexibility index (Phi) is 5.86. The first-order chi connectivity index (χ1) is 9.65. The number of hydrogen-bond acceptors (Lipinski definition) is 2. The Bertz CT molecular complexity index is 450. The lowest BCUT2D eigenvalue weighted by Gasteiger charge is -2.31. The third-order valence-corrected chi connectivity index (χ3v) is 4.00. The summed E-state index contributed by atoms with van der Waals surface area (Å²) in [5.74, 6) is 0.863. The summed E-state index contributed by atoms with van der Waals surface area (Å²) < 4.78 is 0. The molecule has 4 heteroatoms. The number of piperidine rings is 1. The van der Waals surface area contributed by atoms with Gasteiger partial charge in [-0.2, -0.15) is 0 Å². The molecule has 1 aromatic rings. The van der Waals surface area contributed by atoms with Gasteiger partial charge < -0.3 is 10.2 Å². The van der Waals surface area contributed by atoms with Crippen LogP contribution in [-0.4, -0.2) is 37.0 Å². The molecule has 1 aliphatic heterocycles. The van der Waals surface area contributed by atoms with Gasteiger partial charge in [-0.3, -0.25) is 4.79 Å². The van der Waals surface area contributed by atoms with Crippen molar-refractivity contribution in [2.24, 2.45) is 5.92 Å². The Morgan fingerprint density at radius 1 is 1.50 bits per heavy atom. The minimum absolute atomic E-state index is 0.225. The third kappa shape index (κ3) is 4.80. The summed E-state index contributed by atoms with van der Waals surface area (Å²) in [7, 11) is 0. The molecule has 1 aliphatic rings. The van der Waals surface area contributed by atoms with Gasteiger partial charge in [0.05, 0.1) is 6.54 Å². The van der Waals surface area contributed by atoms with E-state index in [0.29, 0.717) is 12.5 Å². The average molecular weight is 295 g/mol.